The third-order valence-corrected chi connectivity index (χ3v) is 3.37. The molecule has 0 heterocycles. The summed E-state index contributed by atoms with van der Waals surface area (Å²) in [6.45, 7) is 2.12. The second-order valence-electron chi connectivity index (χ2n) is 4.78. The lowest BCUT2D eigenvalue weighted by Gasteiger charge is -2.10. The van der Waals surface area contributed by atoms with Crippen LogP contribution in [0.25, 0.3) is 22.3 Å². The van der Waals surface area contributed by atoms with Gasteiger partial charge in [-0.3, -0.25) is 11.7 Å². The second kappa shape index (κ2) is 7.39. The summed E-state index contributed by atoms with van der Waals surface area (Å²) in [6, 6.07) is 27.8. The van der Waals surface area contributed by atoms with Crippen LogP contribution in [0.2, 0.25) is 0 Å². The Morgan fingerprint density at radius 1 is 0.524 bits per heavy atom. The molecule has 3 rings (SSSR count). The van der Waals surface area contributed by atoms with Crippen LogP contribution in [-0.2, 0) is 0 Å². The molecule has 0 radical (unpaired) electrons. The van der Waals surface area contributed by atoms with Crippen molar-refractivity contribution in [3.8, 4) is 22.3 Å². The highest BCUT2D eigenvalue weighted by molar-refractivity contribution is 5.83. The molecule has 2 heteroatoms. The molecule has 0 fully saturated rings. The minimum absolute atomic E-state index is 1.26. The van der Waals surface area contributed by atoms with E-state index in [0.29, 0.717) is 0 Å². The van der Waals surface area contributed by atoms with Crippen molar-refractivity contribution in [3.05, 3.63) is 84.4 Å². The van der Waals surface area contributed by atoms with Crippen LogP contribution in [0.5, 0.6) is 0 Å². The van der Waals surface area contributed by atoms with Gasteiger partial charge < -0.3 is 0 Å². The molecule has 0 atom stereocenters. The van der Waals surface area contributed by atoms with Gasteiger partial charge in [0.2, 0.25) is 0 Å². The Bertz CT molecular complexity index is 673. The van der Waals surface area contributed by atoms with Crippen molar-refractivity contribution in [2.24, 2.45) is 11.7 Å². The number of benzene rings is 3. The monoisotopic (exact) mass is 276 g/mol. The predicted octanol–water partition coefficient (Wildman–Crippen LogP) is 4.15. The minimum atomic E-state index is 1.26. The van der Waals surface area contributed by atoms with E-state index in [0.717, 1.165) is 0 Å². The van der Waals surface area contributed by atoms with Crippen molar-refractivity contribution >= 4 is 0 Å². The van der Waals surface area contributed by atoms with E-state index in [1.165, 1.54) is 27.8 Å². The van der Waals surface area contributed by atoms with Crippen LogP contribution >= 0.6 is 0 Å². The molecular weight excluding hydrogens is 256 g/mol. The third-order valence-electron chi connectivity index (χ3n) is 3.37. The zero-order valence-electron chi connectivity index (χ0n) is 12.2. The highest BCUT2D eigenvalue weighted by atomic mass is 15.0. The molecule has 0 aliphatic rings. The molecule has 4 N–H and O–H groups in total. The highest BCUT2D eigenvalue weighted by Gasteiger charge is 2.05. The lowest BCUT2D eigenvalue weighted by Crippen LogP contribution is -2.02. The van der Waals surface area contributed by atoms with Crippen molar-refractivity contribution in [3.63, 3.8) is 0 Å². The van der Waals surface area contributed by atoms with Crippen LogP contribution in [0, 0.1) is 6.92 Å². The summed E-state index contributed by atoms with van der Waals surface area (Å²) >= 11 is 0. The smallest absolute Gasteiger partial charge is 0.0105 e. The molecule has 2 nitrogen and oxygen atoms in total. The van der Waals surface area contributed by atoms with Crippen molar-refractivity contribution in [2.45, 2.75) is 6.92 Å². The van der Waals surface area contributed by atoms with Gasteiger partial charge in [-0.05, 0) is 29.2 Å². The summed E-state index contributed by atoms with van der Waals surface area (Å²) in [5.74, 6) is 8.00. The van der Waals surface area contributed by atoms with Crippen LogP contribution in [0.3, 0.4) is 0 Å². The summed E-state index contributed by atoms with van der Waals surface area (Å²) in [5, 5.41) is 0. The van der Waals surface area contributed by atoms with Crippen LogP contribution in [0.4, 0.5) is 0 Å². The SMILES string of the molecule is Cc1ccc(-c2ccccc2-c2ccccc2)cc1.NN. The molecule has 0 bridgehead atoms. The maximum atomic E-state index is 4.00. The van der Waals surface area contributed by atoms with Gasteiger partial charge in [-0.25, -0.2) is 0 Å². The van der Waals surface area contributed by atoms with E-state index in [1.54, 1.807) is 0 Å². The maximum Gasteiger partial charge on any atom is -0.0105 e. The fraction of sp³-hybridized carbons (Fsp3) is 0.0526. The number of hydrogen-bond acceptors (Lipinski definition) is 2. The Kier molecular flexibility index (Phi) is 5.27. The first-order valence-electron chi connectivity index (χ1n) is 6.89. The molecule has 3 aromatic rings. The molecule has 106 valence electrons. The summed E-state index contributed by atoms with van der Waals surface area (Å²) in [7, 11) is 0. The van der Waals surface area contributed by atoms with Gasteiger partial charge in [-0.1, -0.05) is 84.4 Å². The van der Waals surface area contributed by atoms with Gasteiger partial charge in [0.15, 0.2) is 0 Å². The van der Waals surface area contributed by atoms with E-state index in [4.69, 9.17) is 0 Å². The zero-order chi connectivity index (χ0) is 15.1. The number of aryl methyl sites for hydroxylation is 1. The normalized spacial score (nSPS) is 9.67. The minimum Gasteiger partial charge on any atom is -0.274 e. The van der Waals surface area contributed by atoms with Gasteiger partial charge in [-0.2, -0.15) is 0 Å². The van der Waals surface area contributed by atoms with Gasteiger partial charge in [0.25, 0.3) is 0 Å². The summed E-state index contributed by atoms with van der Waals surface area (Å²) in [6.07, 6.45) is 0. The van der Waals surface area contributed by atoms with Crippen molar-refractivity contribution in [1.29, 1.82) is 0 Å². The van der Waals surface area contributed by atoms with Gasteiger partial charge in [-0.15, -0.1) is 0 Å². The lowest BCUT2D eigenvalue weighted by molar-refractivity contribution is 1.26. The zero-order valence-corrected chi connectivity index (χ0v) is 12.2. The fourth-order valence-electron chi connectivity index (χ4n) is 2.34. The average molecular weight is 276 g/mol. The molecule has 0 amide bonds. The van der Waals surface area contributed by atoms with Gasteiger partial charge in [0.05, 0.1) is 0 Å². The van der Waals surface area contributed by atoms with E-state index in [2.05, 4.69) is 97.5 Å². The highest BCUT2D eigenvalue weighted by Crippen LogP contribution is 2.31. The van der Waals surface area contributed by atoms with Crippen LogP contribution in [0.1, 0.15) is 5.56 Å². The summed E-state index contributed by atoms with van der Waals surface area (Å²) in [4.78, 5) is 0. The topological polar surface area (TPSA) is 52.0 Å². The van der Waals surface area contributed by atoms with E-state index < -0.39 is 0 Å². The Morgan fingerprint density at radius 3 is 1.48 bits per heavy atom. The number of rotatable bonds is 2. The van der Waals surface area contributed by atoms with Gasteiger partial charge >= 0.3 is 0 Å². The Balaban J connectivity index is 0.000000774. The second-order valence-corrected chi connectivity index (χ2v) is 4.78. The maximum absolute atomic E-state index is 4.00. The number of hydrazine groups is 1. The molecule has 21 heavy (non-hydrogen) atoms. The largest absolute Gasteiger partial charge is 0.274 e. The van der Waals surface area contributed by atoms with Crippen LogP contribution in [0.15, 0.2) is 78.9 Å². The first-order valence-corrected chi connectivity index (χ1v) is 6.89. The molecule has 0 spiro atoms. The van der Waals surface area contributed by atoms with Crippen LogP contribution in [-0.4, -0.2) is 0 Å². The summed E-state index contributed by atoms with van der Waals surface area (Å²) < 4.78 is 0. The number of hydrogen-bond donors (Lipinski definition) is 2. The molecule has 0 saturated carbocycles. The quantitative estimate of drug-likeness (QED) is 0.546. The Hall–Kier alpha value is -2.42. The standard InChI is InChI=1S/C19H16.H4N2/c1-15-11-13-17(14-12-15)19-10-6-5-9-18(19)16-7-3-2-4-8-16;1-2/h2-14H,1H3;1-2H2. The molecule has 0 aromatic heterocycles. The van der Waals surface area contributed by atoms with E-state index >= 15 is 0 Å². The van der Waals surface area contributed by atoms with Crippen molar-refractivity contribution < 1.29 is 0 Å². The Labute approximate surface area is 126 Å². The summed E-state index contributed by atoms with van der Waals surface area (Å²) in [5.41, 5.74) is 6.39. The lowest BCUT2D eigenvalue weighted by atomic mass is 9.94. The molecule has 0 unspecified atom stereocenters. The van der Waals surface area contributed by atoms with Crippen LogP contribution < -0.4 is 11.7 Å². The van der Waals surface area contributed by atoms with E-state index in [1.807, 2.05) is 0 Å². The third kappa shape index (κ3) is 3.57. The van der Waals surface area contributed by atoms with Gasteiger partial charge in [0.1, 0.15) is 0 Å². The van der Waals surface area contributed by atoms with Crippen molar-refractivity contribution in [2.75, 3.05) is 0 Å². The first-order chi connectivity index (χ1) is 10.3. The fourth-order valence-corrected chi connectivity index (χ4v) is 2.34. The van der Waals surface area contributed by atoms with E-state index in [-0.39, 0.29) is 0 Å². The first kappa shape index (κ1) is 15.0. The molecular formula is C19H20N2. The van der Waals surface area contributed by atoms with Crippen molar-refractivity contribution in [1.82, 2.24) is 0 Å². The molecule has 3 aromatic carbocycles. The van der Waals surface area contributed by atoms with E-state index in [9.17, 15) is 0 Å². The molecule has 0 saturated heterocycles. The number of nitrogens with two attached hydrogens (primary N) is 2. The molecule has 0 aliphatic carbocycles. The Morgan fingerprint density at radius 2 is 0.952 bits per heavy atom. The van der Waals surface area contributed by atoms with Gasteiger partial charge in [0, 0.05) is 0 Å². The molecule has 0 aliphatic heterocycles. The average Bonchev–Trinajstić information content (AvgIpc) is 2.58. The predicted molar refractivity (Wildman–Crippen MR) is 90.4 cm³/mol.